The van der Waals surface area contributed by atoms with Gasteiger partial charge in [-0.25, -0.2) is 4.39 Å². The first-order valence-electron chi connectivity index (χ1n) is 7.08. The van der Waals surface area contributed by atoms with Crippen molar-refractivity contribution in [2.75, 3.05) is 18.8 Å². The van der Waals surface area contributed by atoms with Crippen molar-refractivity contribution in [2.45, 2.75) is 42.8 Å². The summed E-state index contributed by atoms with van der Waals surface area (Å²) in [5, 5.41) is -0.214. The molecule has 20 heavy (non-hydrogen) atoms. The van der Waals surface area contributed by atoms with E-state index in [9.17, 15) is 9.18 Å². The predicted octanol–water partition coefficient (Wildman–Crippen LogP) is 3.29. The quantitative estimate of drug-likeness (QED) is 0.687. The third-order valence-electron chi connectivity index (χ3n) is 3.47. The van der Waals surface area contributed by atoms with Crippen LogP contribution in [0, 0.1) is 5.82 Å². The molecule has 1 aliphatic heterocycles. The molecule has 2 rings (SSSR count). The summed E-state index contributed by atoms with van der Waals surface area (Å²) >= 11 is 1.37. The van der Waals surface area contributed by atoms with Crippen molar-refractivity contribution >= 4 is 23.4 Å². The van der Waals surface area contributed by atoms with Gasteiger partial charge in [0.1, 0.15) is 5.82 Å². The Kier molecular flexibility index (Phi) is 5.29. The fraction of sp³-hybridized carbons (Fsp3) is 0.533. The van der Waals surface area contributed by atoms with Crippen LogP contribution in [0.5, 0.6) is 0 Å². The summed E-state index contributed by atoms with van der Waals surface area (Å²) < 4.78 is 13.3. The van der Waals surface area contributed by atoms with E-state index >= 15 is 0 Å². The average Bonchev–Trinajstić information content (AvgIpc) is 2.65. The topological polar surface area (TPSA) is 46.3 Å². The number of hydrogen-bond donors (Lipinski definition) is 1. The molecule has 110 valence electrons. The molecule has 3 nitrogen and oxygen atoms in total. The number of carbonyl (C=O) groups is 1. The van der Waals surface area contributed by atoms with E-state index in [1.807, 2.05) is 11.8 Å². The molecule has 1 fully saturated rings. The van der Waals surface area contributed by atoms with Gasteiger partial charge in [-0.3, -0.25) is 4.79 Å². The Bertz CT molecular complexity index is 453. The zero-order chi connectivity index (χ0) is 14.5. The molecule has 1 aliphatic rings. The van der Waals surface area contributed by atoms with Crippen LogP contribution < -0.4 is 5.73 Å². The maximum Gasteiger partial charge on any atom is 0.235 e. The van der Waals surface area contributed by atoms with E-state index < -0.39 is 0 Å². The van der Waals surface area contributed by atoms with Crippen LogP contribution in [0.2, 0.25) is 0 Å². The Hall–Kier alpha value is -1.23. The molecule has 0 saturated carbocycles. The summed E-state index contributed by atoms with van der Waals surface area (Å²) in [5.41, 5.74) is 6.02. The fourth-order valence-electron chi connectivity index (χ4n) is 2.46. The van der Waals surface area contributed by atoms with E-state index in [1.165, 1.54) is 36.7 Å². The van der Waals surface area contributed by atoms with Gasteiger partial charge in [-0.2, -0.15) is 0 Å². The summed E-state index contributed by atoms with van der Waals surface area (Å²) in [6.45, 7) is 3.56. The number of nitrogens with two attached hydrogens (primary N) is 1. The first-order chi connectivity index (χ1) is 9.56. The largest absolute Gasteiger partial charge is 0.399 e. The van der Waals surface area contributed by atoms with Crippen LogP contribution in [-0.4, -0.2) is 29.1 Å². The highest BCUT2D eigenvalue weighted by Gasteiger charge is 2.22. The van der Waals surface area contributed by atoms with Gasteiger partial charge in [0.25, 0.3) is 0 Å². The van der Waals surface area contributed by atoms with Gasteiger partial charge in [0.15, 0.2) is 0 Å². The molecular weight excluding hydrogens is 275 g/mol. The minimum atomic E-state index is -0.359. The minimum absolute atomic E-state index is 0.139. The molecule has 5 heteroatoms. The molecule has 0 bridgehead atoms. The summed E-state index contributed by atoms with van der Waals surface area (Å²) in [6, 6.07) is 4.42. The third kappa shape index (κ3) is 4.13. The van der Waals surface area contributed by atoms with Crippen molar-refractivity contribution in [1.29, 1.82) is 0 Å². The number of rotatable bonds is 3. The van der Waals surface area contributed by atoms with Gasteiger partial charge in [-0.1, -0.05) is 12.8 Å². The number of anilines is 1. The first-order valence-corrected chi connectivity index (χ1v) is 7.96. The lowest BCUT2D eigenvalue weighted by atomic mass is 10.2. The minimum Gasteiger partial charge on any atom is -0.399 e. The van der Waals surface area contributed by atoms with Crippen LogP contribution in [0.25, 0.3) is 0 Å². The van der Waals surface area contributed by atoms with Gasteiger partial charge in [0.2, 0.25) is 5.91 Å². The summed E-state index contributed by atoms with van der Waals surface area (Å²) in [4.78, 5) is 15.0. The SMILES string of the molecule is CC(Sc1cc(N)cc(F)c1)C(=O)N1CCCCCC1. The van der Waals surface area contributed by atoms with E-state index in [0.29, 0.717) is 10.6 Å². The lowest BCUT2D eigenvalue weighted by molar-refractivity contribution is -0.130. The molecule has 2 N–H and O–H groups in total. The van der Waals surface area contributed by atoms with E-state index in [0.717, 1.165) is 25.9 Å². The molecule has 1 amide bonds. The van der Waals surface area contributed by atoms with E-state index in [4.69, 9.17) is 5.73 Å². The van der Waals surface area contributed by atoms with E-state index in [1.54, 1.807) is 6.07 Å². The fourth-order valence-corrected chi connectivity index (χ4v) is 3.50. The molecule has 1 aromatic carbocycles. The molecule has 0 radical (unpaired) electrons. The first kappa shape index (κ1) is 15.2. The standard InChI is InChI=1S/C15H21FN2OS/c1-11(15(19)18-6-4-2-3-5-7-18)20-14-9-12(16)8-13(17)10-14/h8-11H,2-7,17H2,1H3. The van der Waals surface area contributed by atoms with Crippen LogP contribution >= 0.6 is 11.8 Å². The zero-order valence-corrected chi connectivity index (χ0v) is 12.6. The average molecular weight is 296 g/mol. The zero-order valence-electron chi connectivity index (χ0n) is 11.8. The molecule has 1 saturated heterocycles. The monoisotopic (exact) mass is 296 g/mol. The number of thioether (sulfide) groups is 1. The van der Waals surface area contributed by atoms with Gasteiger partial charge >= 0.3 is 0 Å². The molecule has 0 spiro atoms. The Balaban J connectivity index is 1.99. The van der Waals surface area contributed by atoms with Crippen molar-refractivity contribution in [1.82, 2.24) is 4.90 Å². The van der Waals surface area contributed by atoms with Crippen LogP contribution in [0.15, 0.2) is 23.1 Å². The molecule has 1 heterocycles. The van der Waals surface area contributed by atoms with E-state index in [-0.39, 0.29) is 17.0 Å². The third-order valence-corrected chi connectivity index (χ3v) is 4.54. The number of nitrogen functional groups attached to an aromatic ring is 1. The second-order valence-electron chi connectivity index (χ2n) is 5.22. The van der Waals surface area contributed by atoms with Gasteiger partial charge in [-0.05, 0) is 38.0 Å². The molecule has 0 aliphatic carbocycles. The van der Waals surface area contributed by atoms with Crippen LogP contribution in [0.1, 0.15) is 32.6 Å². The number of benzene rings is 1. The second kappa shape index (κ2) is 6.97. The number of likely N-dealkylation sites (tertiary alicyclic amines) is 1. The van der Waals surface area contributed by atoms with Gasteiger partial charge in [0, 0.05) is 23.7 Å². The molecule has 1 atom stereocenters. The van der Waals surface area contributed by atoms with Gasteiger partial charge in [0.05, 0.1) is 5.25 Å². The summed E-state index contributed by atoms with van der Waals surface area (Å²) in [7, 11) is 0. The lowest BCUT2D eigenvalue weighted by Crippen LogP contribution is -2.37. The van der Waals surface area contributed by atoms with E-state index in [2.05, 4.69) is 0 Å². The van der Waals surface area contributed by atoms with Crippen molar-refractivity contribution in [3.8, 4) is 0 Å². The predicted molar refractivity (Wildman–Crippen MR) is 81.2 cm³/mol. The highest BCUT2D eigenvalue weighted by atomic mass is 32.2. The lowest BCUT2D eigenvalue weighted by Gasteiger charge is -2.23. The summed E-state index contributed by atoms with van der Waals surface area (Å²) in [6.07, 6.45) is 4.56. The molecule has 0 aromatic heterocycles. The molecule has 1 unspecified atom stereocenters. The Labute approximate surface area is 123 Å². The Morgan fingerprint density at radius 2 is 1.90 bits per heavy atom. The van der Waals surface area contributed by atoms with Crippen molar-refractivity contribution in [3.63, 3.8) is 0 Å². The highest BCUT2D eigenvalue weighted by Crippen LogP contribution is 2.27. The number of halogens is 1. The Morgan fingerprint density at radius 3 is 2.50 bits per heavy atom. The molecule has 1 aromatic rings. The molecular formula is C15H21FN2OS. The van der Waals surface area contributed by atoms with Gasteiger partial charge in [-0.15, -0.1) is 11.8 Å². The summed E-state index contributed by atoms with van der Waals surface area (Å²) in [5.74, 6) is -0.221. The Morgan fingerprint density at radius 1 is 1.25 bits per heavy atom. The second-order valence-corrected chi connectivity index (χ2v) is 6.63. The van der Waals surface area contributed by atoms with Crippen LogP contribution in [0.4, 0.5) is 10.1 Å². The van der Waals surface area contributed by atoms with Crippen molar-refractivity contribution in [2.24, 2.45) is 0 Å². The highest BCUT2D eigenvalue weighted by molar-refractivity contribution is 8.00. The maximum atomic E-state index is 13.3. The van der Waals surface area contributed by atoms with Crippen LogP contribution in [-0.2, 0) is 4.79 Å². The number of hydrogen-bond acceptors (Lipinski definition) is 3. The number of amides is 1. The van der Waals surface area contributed by atoms with Crippen LogP contribution in [0.3, 0.4) is 0 Å². The smallest absolute Gasteiger partial charge is 0.235 e. The van der Waals surface area contributed by atoms with Gasteiger partial charge < -0.3 is 10.6 Å². The van der Waals surface area contributed by atoms with Crippen molar-refractivity contribution < 1.29 is 9.18 Å². The van der Waals surface area contributed by atoms with Crippen molar-refractivity contribution in [3.05, 3.63) is 24.0 Å². The maximum absolute atomic E-state index is 13.3. The normalized spacial score (nSPS) is 17.6. The number of nitrogens with zero attached hydrogens (tertiary/aromatic N) is 1. The number of carbonyl (C=O) groups excluding carboxylic acids is 1.